The Balaban J connectivity index is 1.66. The molecular formula is C26H27N7O5S. The fourth-order valence-corrected chi connectivity index (χ4v) is 4.66. The predicted octanol–water partition coefficient (Wildman–Crippen LogP) is 3.54. The van der Waals surface area contributed by atoms with Crippen LogP contribution < -0.4 is 16.4 Å². The van der Waals surface area contributed by atoms with Gasteiger partial charge < -0.3 is 20.9 Å². The van der Waals surface area contributed by atoms with Gasteiger partial charge in [-0.15, -0.1) is 0 Å². The van der Waals surface area contributed by atoms with Crippen LogP contribution in [0.4, 0.5) is 9.93 Å². The summed E-state index contributed by atoms with van der Waals surface area (Å²) in [6.07, 6.45) is 4.43. The van der Waals surface area contributed by atoms with Crippen LogP contribution in [-0.2, 0) is 19.9 Å². The van der Waals surface area contributed by atoms with Crippen molar-refractivity contribution in [2.24, 2.45) is 5.73 Å². The second-order valence-electron chi connectivity index (χ2n) is 9.02. The number of rotatable bonds is 9. The maximum absolute atomic E-state index is 12.2. The molecule has 0 aliphatic heterocycles. The third-order valence-electron chi connectivity index (χ3n) is 5.59. The van der Waals surface area contributed by atoms with Crippen molar-refractivity contribution in [1.29, 1.82) is 0 Å². The summed E-state index contributed by atoms with van der Waals surface area (Å²) in [5, 5.41) is 14.8. The molecule has 202 valence electrons. The highest BCUT2D eigenvalue weighted by molar-refractivity contribution is 7.22. The minimum Gasteiger partial charge on any atom is -0.480 e. The number of nitrogens with zero attached hydrogens (tertiary/aromatic N) is 4. The molecule has 0 saturated heterocycles. The molecule has 4 aromatic rings. The van der Waals surface area contributed by atoms with Crippen molar-refractivity contribution in [1.82, 2.24) is 25.3 Å². The normalized spacial score (nSPS) is 12.1. The Morgan fingerprint density at radius 3 is 2.51 bits per heavy atom. The Kier molecular flexibility index (Phi) is 8.12. The van der Waals surface area contributed by atoms with Crippen LogP contribution in [0.3, 0.4) is 0 Å². The fraction of sp³-hybridized carbons (Fsp3) is 0.269. The highest BCUT2D eigenvalue weighted by Gasteiger charge is 2.30. The van der Waals surface area contributed by atoms with Gasteiger partial charge in [-0.25, -0.2) is 19.7 Å². The molecule has 13 heteroatoms. The number of nitrogens with two attached hydrogens (primary N) is 1. The van der Waals surface area contributed by atoms with E-state index in [0.29, 0.717) is 22.8 Å². The van der Waals surface area contributed by atoms with Gasteiger partial charge in [0.05, 0.1) is 22.3 Å². The molecule has 4 rings (SSSR count). The average Bonchev–Trinajstić information content (AvgIpc) is 3.30. The number of esters is 1. The van der Waals surface area contributed by atoms with E-state index in [1.165, 1.54) is 11.3 Å². The van der Waals surface area contributed by atoms with Crippen molar-refractivity contribution in [2.75, 3.05) is 11.9 Å². The Morgan fingerprint density at radius 1 is 1.13 bits per heavy atom. The van der Waals surface area contributed by atoms with E-state index >= 15 is 0 Å². The largest absolute Gasteiger partial charge is 0.480 e. The zero-order chi connectivity index (χ0) is 28.2. The number of carbonyl (C=O) groups excluding carboxylic acids is 2. The number of anilines is 1. The lowest BCUT2D eigenvalue weighted by atomic mass is 10.0. The van der Waals surface area contributed by atoms with Gasteiger partial charge in [-0.05, 0) is 50.6 Å². The summed E-state index contributed by atoms with van der Waals surface area (Å²) in [6, 6.07) is 7.74. The molecular weight excluding hydrogens is 522 g/mol. The molecule has 1 atom stereocenters. The van der Waals surface area contributed by atoms with E-state index in [1.807, 2.05) is 37.3 Å². The number of hydrogen-bond acceptors (Lipinski definition) is 10. The van der Waals surface area contributed by atoms with Crippen molar-refractivity contribution < 1.29 is 24.2 Å². The summed E-state index contributed by atoms with van der Waals surface area (Å²) < 4.78 is 6.27. The number of carboxylic acid groups (broad SMARTS) is 1. The molecule has 0 aliphatic rings. The molecule has 1 aromatic carbocycles. The second-order valence-corrected chi connectivity index (χ2v) is 10.0. The Labute approximate surface area is 227 Å². The number of thiazole rings is 1. The fourth-order valence-electron chi connectivity index (χ4n) is 3.69. The van der Waals surface area contributed by atoms with Crippen LogP contribution in [0.5, 0.6) is 0 Å². The van der Waals surface area contributed by atoms with Crippen LogP contribution in [0.25, 0.3) is 32.6 Å². The van der Waals surface area contributed by atoms with E-state index in [1.54, 1.807) is 32.4 Å². The van der Waals surface area contributed by atoms with E-state index in [-0.39, 0.29) is 11.9 Å². The first-order valence-electron chi connectivity index (χ1n) is 12.0. The lowest BCUT2D eigenvalue weighted by molar-refractivity contribution is -0.160. The third kappa shape index (κ3) is 6.51. The molecule has 39 heavy (non-hydrogen) atoms. The van der Waals surface area contributed by atoms with Gasteiger partial charge in [0, 0.05) is 36.3 Å². The molecule has 0 fully saturated rings. The lowest BCUT2D eigenvalue weighted by Gasteiger charge is -2.24. The minimum absolute atomic E-state index is 0.233. The number of carbonyl (C=O) groups is 3. The monoisotopic (exact) mass is 549 g/mol. The van der Waals surface area contributed by atoms with Crippen molar-refractivity contribution in [3.63, 3.8) is 0 Å². The Bertz CT molecular complexity index is 1510. The Morgan fingerprint density at radius 2 is 1.87 bits per heavy atom. The minimum atomic E-state index is -1.36. The molecule has 0 spiro atoms. The summed E-state index contributed by atoms with van der Waals surface area (Å²) in [5.41, 5.74) is 7.90. The van der Waals surface area contributed by atoms with Gasteiger partial charge in [-0.2, -0.15) is 0 Å². The van der Waals surface area contributed by atoms with Crippen molar-refractivity contribution in [2.45, 2.75) is 38.8 Å². The highest BCUT2D eigenvalue weighted by Crippen LogP contribution is 2.38. The number of urea groups is 1. The number of pyridine rings is 1. The topological polar surface area (TPSA) is 182 Å². The predicted molar refractivity (Wildman–Crippen MR) is 146 cm³/mol. The van der Waals surface area contributed by atoms with E-state index < -0.39 is 30.0 Å². The van der Waals surface area contributed by atoms with Crippen LogP contribution >= 0.6 is 11.3 Å². The van der Waals surface area contributed by atoms with Crippen LogP contribution in [0.1, 0.15) is 33.0 Å². The number of ether oxygens (including phenoxy) is 1. The number of nitrogens with one attached hydrogen (secondary N) is 2. The number of amides is 2. The number of carboxylic acids is 1. The zero-order valence-electron chi connectivity index (χ0n) is 21.5. The molecule has 0 aliphatic carbocycles. The number of hydrogen-bond donors (Lipinski definition) is 4. The highest BCUT2D eigenvalue weighted by atomic mass is 32.1. The summed E-state index contributed by atoms with van der Waals surface area (Å²) in [6.45, 7) is 5.53. The van der Waals surface area contributed by atoms with Gasteiger partial charge in [-0.3, -0.25) is 19.9 Å². The number of fused-ring (bicyclic) bond motifs is 1. The van der Waals surface area contributed by atoms with Crippen LogP contribution in [0.2, 0.25) is 0 Å². The van der Waals surface area contributed by atoms with Gasteiger partial charge in [-0.1, -0.05) is 17.4 Å². The van der Waals surface area contributed by atoms with Gasteiger partial charge in [0.1, 0.15) is 6.04 Å². The molecule has 12 nitrogen and oxygen atoms in total. The summed E-state index contributed by atoms with van der Waals surface area (Å²) in [5.74, 6) is -1.83. The standard InChI is InChI=1S/C26H27N7O5S/c1-4-28-24(37)33-25-32-19-10-14(9-16(21(19)39-25)18-7-5-6-8-29-18)15-12-30-23(31-13-15)26(2,3)38-20(34)11-17(27)22(35)36/h5-10,12-13,17H,4,11,27H2,1-3H3,(H,35,36)(H2,28,32,33,37)/t17-/m0/s1. The summed E-state index contributed by atoms with van der Waals surface area (Å²) in [7, 11) is 0. The van der Waals surface area contributed by atoms with E-state index in [4.69, 9.17) is 15.6 Å². The average molecular weight is 550 g/mol. The van der Waals surface area contributed by atoms with Crippen LogP contribution in [-0.4, -0.2) is 55.6 Å². The van der Waals surface area contributed by atoms with Gasteiger partial charge in [0.25, 0.3) is 0 Å². The number of aromatic nitrogens is 4. The Hall–Kier alpha value is -4.49. The smallest absolute Gasteiger partial charge is 0.321 e. The molecule has 5 N–H and O–H groups in total. The zero-order valence-corrected chi connectivity index (χ0v) is 22.3. The molecule has 3 aromatic heterocycles. The first-order chi connectivity index (χ1) is 18.6. The molecule has 3 heterocycles. The molecule has 0 bridgehead atoms. The van der Waals surface area contributed by atoms with Crippen LogP contribution in [0.15, 0.2) is 48.9 Å². The number of aliphatic carboxylic acids is 1. The first-order valence-corrected chi connectivity index (χ1v) is 12.8. The van der Waals surface area contributed by atoms with Crippen molar-refractivity contribution in [3.05, 3.63) is 54.7 Å². The number of benzene rings is 1. The van der Waals surface area contributed by atoms with Gasteiger partial charge >= 0.3 is 18.0 Å². The maximum Gasteiger partial charge on any atom is 0.321 e. The summed E-state index contributed by atoms with van der Waals surface area (Å²) in [4.78, 5) is 53.1. The molecule has 0 radical (unpaired) electrons. The van der Waals surface area contributed by atoms with E-state index in [0.717, 1.165) is 21.5 Å². The van der Waals surface area contributed by atoms with Gasteiger partial charge in [0.15, 0.2) is 16.6 Å². The first kappa shape index (κ1) is 27.5. The van der Waals surface area contributed by atoms with Crippen LogP contribution in [0, 0.1) is 0 Å². The van der Waals surface area contributed by atoms with Crippen molar-refractivity contribution >= 4 is 44.7 Å². The van der Waals surface area contributed by atoms with Gasteiger partial charge in [0.2, 0.25) is 0 Å². The maximum atomic E-state index is 12.2. The quantitative estimate of drug-likeness (QED) is 0.225. The SMILES string of the molecule is CCNC(=O)Nc1nc2cc(-c3cnc(C(C)(C)OC(=O)C[C@H](N)C(=O)O)nc3)cc(-c3ccccn3)c2s1. The molecule has 0 unspecified atom stereocenters. The molecule has 0 saturated carbocycles. The van der Waals surface area contributed by atoms with Crippen molar-refractivity contribution in [3.8, 4) is 22.4 Å². The third-order valence-corrected chi connectivity index (χ3v) is 6.61. The summed E-state index contributed by atoms with van der Waals surface area (Å²) >= 11 is 1.35. The van der Waals surface area contributed by atoms with E-state index in [2.05, 4.69) is 30.6 Å². The van der Waals surface area contributed by atoms with E-state index in [9.17, 15) is 14.4 Å². The lowest BCUT2D eigenvalue weighted by Crippen LogP contribution is -2.36. The second kappa shape index (κ2) is 11.5. The molecule has 2 amide bonds.